The number of rotatable bonds is 5. The molecule has 16 heavy (non-hydrogen) atoms. The first kappa shape index (κ1) is 13.0. The Morgan fingerprint density at radius 2 is 2.19 bits per heavy atom. The predicted octanol–water partition coefficient (Wildman–Crippen LogP) is 3.20. The van der Waals surface area contributed by atoms with Crippen molar-refractivity contribution in [3.63, 3.8) is 0 Å². The van der Waals surface area contributed by atoms with Gasteiger partial charge in [0.1, 0.15) is 0 Å². The van der Waals surface area contributed by atoms with E-state index >= 15 is 0 Å². The maximum absolute atomic E-state index is 11.2. The van der Waals surface area contributed by atoms with Gasteiger partial charge in [-0.2, -0.15) is 0 Å². The summed E-state index contributed by atoms with van der Waals surface area (Å²) in [5.41, 5.74) is 2.08. The molecule has 0 heterocycles. The summed E-state index contributed by atoms with van der Waals surface area (Å²) in [6.45, 7) is 0. The number of alkyl halides is 1. The Morgan fingerprint density at radius 3 is 2.88 bits per heavy atom. The highest BCUT2D eigenvalue weighted by atomic mass is 79.9. The first-order valence-corrected chi connectivity index (χ1v) is 6.27. The second-order valence-corrected chi connectivity index (χ2v) is 4.12. The Hall–Kier alpha value is -1.09. The van der Waals surface area contributed by atoms with Crippen LogP contribution in [0.5, 0.6) is 0 Å². The highest BCUT2D eigenvalue weighted by molar-refractivity contribution is 9.09. The maximum Gasteiger partial charge on any atom is 0.309 e. The molecule has 0 fully saturated rings. The van der Waals surface area contributed by atoms with E-state index in [2.05, 4.69) is 26.7 Å². The number of halogens is 1. The van der Waals surface area contributed by atoms with Gasteiger partial charge in [0.05, 0.1) is 13.5 Å². The van der Waals surface area contributed by atoms with Crippen molar-refractivity contribution in [3.8, 4) is 0 Å². The fraction of sp³-hybridized carbons (Fsp3) is 0.308. The number of benzene rings is 1. The van der Waals surface area contributed by atoms with Crippen LogP contribution in [0, 0.1) is 0 Å². The summed E-state index contributed by atoms with van der Waals surface area (Å²) in [5.74, 6) is -0.207. The molecule has 1 aromatic carbocycles. The molecular weight excluding hydrogens is 268 g/mol. The van der Waals surface area contributed by atoms with Crippen molar-refractivity contribution in [2.24, 2.45) is 0 Å². The van der Waals surface area contributed by atoms with Crippen LogP contribution in [-0.2, 0) is 16.0 Å². The molecule has 1 aromatic rings. The Bertz CT molecular complexity index is 372. The Kier molecular flexibility index (Phi) is 5.86. The summed E-state index contributed by atoms with van der Waals surface area (Å²) in [5, 5.41) is 0.947. The minimum absolute atomic E-state index is 0.207. The van der Waals surface area contributed by atoms with E-state index in [1.54, 1.807) is 0 Å². The van der Waals surface area contributed by atoms with Gasteiger partial charge in [0.2, 0.25) is 0 Å². The summed E-state index contributed by atoms with van der Waals surface area (Å²) in [6, 6.07) is 7.85. The van der Waals surface area contributed by atoms with Gasteiger partial charge in [-0.05, 0) is 17.5 Å². The van der Waals surface area contributed by atoms with Crippen LogP contribution in [0.1, 0.15) is 17.5 Å². The fourth-order valence-corrected chi connectivity index (χ4v) is 1.62. The first-order chi connectivity index (χ1) is 7.77. The molecule has 2 nitrogen and oxygen atoms in total. The zero-order valence-corrected chi connectivity index (χ0v) is 10.9. The molecule has 0 saturated carbocycles. The molecule has 0 N–H and O–H groups in total. The lowest BCUT2D eigenvalue weighted by Gasteiger charge is -2.04. The van der Waals surface area contributed by atoms with Gasteiger partial charge in [-0.3, -0.25) is 4.79 Å². The van der Waals surface area contributed by atoms with Gasteiger partial charge < -0.3 is 4.74 Å². The molecule has 0 aliphatic heterocycles. The van der Waals surface area contributed by atoms with E-state index in [-0.39, 0.29) is 5.97 Å². The van der Waals surface area contributed by atoms with Crippen LogP contribution in [0.4, 0.5) is 0 Å². The molecule has 0 aliphatic rings. The highest BCUT2D eigenvalue weighted by Gasteiger charge is 2.05. The maximum atomic E-state index is 11.2. The van der Waals surface area contributed by atoms with Gasteiger partial charge in [-0.1, -0.05) is 52.3 Å². The monoisotopic (exact) mass is 282 g/mol. The summed E-state index contributed by atoms with van der Waals surface area (Å²) < 4.78 is 4.66. The van der Waals surface area contributed by atoms with Crippen molar-refractivity contribution in [1.82, 2.24) is 0 Å². The SMILES string of the molecule is COC(=O)Cc1ccccc1C=CCCBr. The summed E-state index contributed by atoms with van der Waals surface area (Å²) >= 11 is 3.37. The molecule has 1 rings (SSSR count). The average Bonchev–Trinajstić information content (AvgIpc) is 2.31. The Labute approximate surface area is 104 Å². The van der Waals surface area contributed by atoms with Crippen molar-refractivity contribution < 1.29 is 9.53 Å². The molecular formula is C13H15BrO2. The van der Waals surface area contributed by atoms with Crippen LogP contribution in [0.25, 0.3) is 6.08 Å². The van der Waals surface area contributed by atoms with Crippen molar-refractivity contribution >= 4 is 28.0 Å². The number of allylic oxidation sites excluding steroid dienone is 1. The van der Waals surface area contributed by atoms with Gasteiger partial charge in [0, 0.05) is 5.33 Å². The molecule has 0 aliphatic carbocycles. The third-order valence-corrected chi connectivity index (χ3v) is 2.65. The summed E-state index contributed by atoms with van der Waals surface area (Å²) in [7, 11) is 1.41. The Balaban J connectivity index is 2.79. The first-order valence-electron chi connectivity index (χ1n) is 5.15. The van der Waals surface area contributed by atoms with Crippen LogP contribution >= 0.6 is 15.9 Å². The second-order valence-electron chi connectivity index (χ2n) is 3.33. The van der Waals surface area contributed by atoms with E-state index in [4.69, 9.17) is 0 Å². The van der Waals surface area contributed by atoms with E-state index < -0.39 is 0 Å². The quantitative estimate of drug-likeness (QED) is 0.612. The number of methoxy groups -OCH3 is 1. The van der Waals surface area contributed by atoms with Crippen LogP contribution in [-0.4, -0.2) is 18.4 Å². The molecule has 0 spiro atoms. The van der Waals surface area contributed by atoms with Crippen LogP contribution < -0.4 is 0 Å². The van der Waals surface area contributed by atoms with Crippen molar-refractivity contribution in [2.75, 3.05) is 12.4 Å². The number of esters is 1. The van der Waals surface area contributed by atoms with Gasteiger partial charge in [0.15, 0.2) is 0 Å². The average molecular weight is 283 g/mol. The number of ether oxygens (including phenoxy) is 1. The van der Waals surface area contributed by atoms with Gasteiger partial charge in [-0.25, -0.2) is 0 Å². The fourth-order valence-electron chi connectivity index (χ4n) is 1.36. The zero-order chi connectivity index (χ0) is 11.8. The van der Waals surface area contributed by atoms with E-state index in [9.17, 15) is 4.79 Å². The standard InChI is InChI=1S/C13H15BrO2/c1-16-13(15)10-12-8-3-2-6-11(12)7-4-5-9-14/h2-4,6-8H,5,9-10H2,1H3. The molecule has 0 saturated heterocycles. The molecule has 86 valence electrons. The van der Waals surface area contributed by atoms with E-state index in [0.29, 0.717) is 6.42 Å². The normalized spacial score (nSPS) is 10.6. The lowest BCUT2D eigenvalue weighted by molar-refractivity contribution is -0.139. The zero-order valence-electron chi connectivity index (χ0n) is 9.28. The number of hydrogen-bond acceptors (Lipinski definition) is 2. The van der Waals surface area contributed by atoms with Gasteiger partial charge in [0.25, 0.3) is 0 Å². The van der Waals surface area contributed by atoms with Crippen molar-refractivity contribution in [1.29, 1.82) is 0 Å². The van der Waals surface area contributed by atoms with Gasteiger partial charge in [-0.15, -0.1) is 0 Å². The summed E-state index contributed by atoms with van der Waals surface area (Å²) in [4.78, 5) is 11.2. The predicted molar refractivity (Wildman–Crippen MR) is 69.6 cm³/mol. The second kappa shape index (κ2) is 7.23. The number of carbonyl (C=O) groups excluding carboxylic acids is 1. The highest BCUT2D eigenvalue weighted by Crippen LogP contribution is 2.12. The van der Waals surface area contributed by atoms with Crippen molar-refractivity contribution in [3.05, 3.63) is 41.5 Å². The van der Waals surface area contributed by atoms with Crippen LogP contribution in [0.15, 0.2) is 30.3 Å². The topological polar surface area (TPSA) is 26.3 Å². The van der Waals surface area contributed by atoms with E-state index in [1.807, 2.05) is 30.3 Å². The minimum Gasteiger partial charge on any atom is -0.469 e. The third-order valence-electron chi connectivity index (χ3n) is 2.19. The van der Waals surface area contributed by atoms with Crippen molar-refractivity contribution in [2.45, 2.75) is 12.8 Å². The largest absolute Gasteiger partial charge is 0.469 e. The van der Waals surface area contributed by atoms with Gasteiger partial charge >= 0.3 is 5.97 Å². The van der Waals surface area contributed by atoms with E-state index in [1.165, 1.54) is 7.11 Å². The molecule has 3 heteroatoms. The summed E-state index contributed by atoms with van der Waals surface area (Å²) in [6.07, 6.45) is 5.43. The lowest BCUT2D eigenvalue weighted by Crippen LogP contribution is -2.05. The minimum atomic E-state index is -0.207. The molecule has 0 radical (unpaired) electrons. The smallest absolute Gasteiger partial charge is 0.309 e. The molecule has 0 aromatic heterocycles. The molecule has 0 unspecified atom stereocenters. The number of hydrogen-bond donors (Lipinski definition) is 0. The number of carbonyl (C=O) groups is 1. The van der Waals surface area contributed by atoms with Crippen LogP contribution in [0.2, 0.25) is 0 Å². The molecule has 0 bridgehead atoms. The third kappa shape index (κ3) is 4.19. The molecule has 0 amide bonds. The lowest BCUT2D eigenvalue weighted by atomic mass is 10.0. The molecule has 0 atom stereocenters. The Morgan fingerprint density at radius 1 is 1.44 bits per heavy atom. The van der Waals surface area contributed by atoms with Crippen LogP contribution in [0.3, 0.4) is 0 Å². The van der Waals surface area contributed by atoms with E-state index in [0.717, 1.165) is 22.9 Å².